The third-order valence-corrected chi connectivity index (χ3v) is 32.4. The van der Waals surface area contributed by atoms with Crippen LogP contribution in [0.25, 0.3) is 45.7 Å². The molecule has 4 saturated carbocycles. The number of hydrogen-bond acceptors (Lipinski definition) is 27. The first-order chi connectivity index (χ1) is 57.5. The van der Waals surface area contributed by atoms with Crippen LogP contribution in [0, 0.1) is 6.57 Å². The third-order valence-electron chi connectivity index (χ3n) is 26.4. The number of aliphatic hydroxyl groups is 2. The van der Waals surface area contributed by atoms with E-state index >= 15 is 0 Å². The van der Waals surface area contributed by atoms with E-state index in [2.05, 4.69) is 105 Å². The fraction of sp³-hybridized carbons (Fsp3) is 0.701. The van der Waals surface area contributed by atoms with Gasteiger partial charge in [-0.05, 0) is 214 Å². The lowest BCUT2D eigenvalue weighted by Crippen LogP contribution is -2.46. The second-order valence-corrected chi connectivity index (χ2v) is 38.7. The Kier molecular flexibility index (Phi) is 32.0. The fourth-order valence-corrected chi connectivity index (χ4v) is 26.2. The highest BCUT2D eigenvalue weighted by Crippen LogP contribution is 2.51. The second-order valence-electron chi connectivity index (χ2n) is 33.1. The number of thiophene rings is 4. The van der Waals surface area contributed by atoms with Crippen molar-refractivity contribution < 1.29 is 52.9 Å². The number of halogens is 2. The first kappa shape index (κ1) is 87.1. The predicted octanol–water partition coefficient (Wildman–Crippen LogP) is 15.9. The van der Waals surface area contributed by atoms with E-state index < -0.39 is 5.97 Å². The smallest absolute Gasteiger partial charge is 0.387 e. The summed E-state index contributed by atoms with van der Waals surface area (Å²) < 4.78 is 46.8. The van der Waals surface area contributed by atoms with Crippen molar-refractivity contribution in [2.75, 3.05) is 129 Å². The molecule has 0 spiro atoms. The lowest BCUT2D eigenvalue weighted by molar-refractivity contribution is -0.140. The van der Waals surface area contributed by atoms with E-state index in [0.717, 1.165) is 222 Å². The summed E-state index contributed by atoms with van der Waals surface area (Å²) in [5, 5.41) is 24.4. The number of nitrogens with zero attached hydrogens (tertiary/aromatic N) is 13. The van der Waals surface area contributed by atoms with Crippen molar-refractivity contribution >= 4 is 126 Å². The van der Waals surface area contributed by atoms with E-state index in [0.29, 0.717) is 53.7 Å². The van der Waals surface area contributed by atoms with Crippen LogP contribution in [-0.2, 0) is 54.2 Å². The van der Waals surface area contributed by atoms with Crippen molar-refractivity contribution in [2.24, 2.45) is 0 Å². The Morgan fingerprint density at radius 2 is 0.761 bits per heavy atom. The largest absolute Gasteiger partial charge is 0.474 e. The van der Waals surface area contributed by atoms with Crippen molar-refractivity contribution in [1.82, 2.24) is 59.5 Å². The number of ether oxygens (including phenoxy) is 8. The van der Waals surface area contributed by atoms with Gasteiger partial charge in [0.2, 0.25) is 17.6 Å². The molecule has 12 aliphatic rings. The summed E-state index contributed by atoms with van der Waals surface area (Å²) in [6, 6.07) is 2.79. The topological polar surface area (TPSA) is 252 Å². The zero-order valence-electron chi connectivity index (χ0n) is 68.5. The van der Waals surface area contributed by atoms with Gasteiger partial charge in [-0.1, -0.05) is 48.0 Å². The van der Waals surface area contributed by atoms with Crippen LogP contribution in [0.15, 0.2) is 25.3 Å². The molecule has 20 rings (SSSR count). The molecule has 0 aromatic carbocycles. The zero-order chi connectivity index (χ0) is 80.6. The van der Waals surface area contributed by atoms with Gasteiger partial charge in [-0.15, -0.1) is 45.3 Å². The molecule has 117 heavy (non-hydrogen) atoms. The quantitative estimate of drug-likeness (QED) is 0.0300. The average molecular weight is 1810 g/mol. The van der Waals surface area contributed by atoms with Gasteiger partial charge in [-0.2, -0.15) is 0 Å². The summed E-state index contributed by atoms with van der Waals surface area (Å²) in [4.78, 5) is 69.1. The minimum atomic E-state index is -0.442. The predicted molar refractivity (Wildman–Crippen MR) is 471 cm³/mol. The molecule has 8 fully saturated rings. The SMILES string of the molecule is CC[C@H]1CCc2sc3ncnc(Cl)c3c21.CC[C@H]1CCc2sc3ncnc(OC4CCC(N5CCOCC5)CC4)c3c21.IC[C@H]1CCc2sc3ncnc(OC4CCC(N5CCOCC5)CC4)c3c21.OC1CCC(N2CCOCC2)CC1.OC[C@H]1CCc2sc3ncnc(OC4CCC(N5CCOCC5)CC4)c3c21.[C-]#[N+]CC(=O)OCC. The van der Waals surface area contributed by atoms with Crippen LogP contribution < -0.4 is 14.2 Å². The molecule has 4 saturated heterocycles. The molecule has 0 amide bonds. The number of carbonyl (C=O) groups is 1. The zero-order valence-corrected chi connectivity index (χ0v) is 74.7. The van der Waals surface area contributed by atoms with E-state index in [4.69, 9.17) is 51.3 Å². The summed E-state index contributed by atoms with van der Waals surface area (Å²) in [7, 11) is 0. The van der Waals surface area contributed by atoms with Gasteiger partial charge in [0.05, 0.1) is 93.7 Å². The highest BCUT2D eigenvalue weighted by Gasteiger charge is 2.38. The second kappa shape index (κ2) is 43.0. The van der Waals surface area contributed by atoms with E-state index in [1.54, 1.807) is 54.9 Å². The molecular formula is C87H119ClIN13O11S4. The Labute approximate surface area is 723 Å². The van der Waals surface area contributed by atoms with E-state index in [9.17, 15) is 15.0 Å². The average Bonchev–Trinajstić information content (AvgIpc) is 1.62. The first-order valence-electron chi connectivity index (χ1n) is 43.8. The maximum absolute atomic E-state index is 10.2. The number of esters is 1. The minimum absolute atomic E-state index is 0.0303. The molecule has 8 aromatic heterocycles. The third kappa shape index (κ3) is 21.3. The molecule has 2 N–H and O–H groups in total. The van der Waals surface area contributed by atoms with Crippen LogP contribution in [0.3, 0.4) is 0 Å². The van der Waals surface area contributed by atoms with Gasteiger partial charge in [-0.3, -0.25) is 19.6 Å². The number of aryl methyl sites for hydroxylation is 4. The number of alkyl halides is 1. The number of aromatic nitrogens is 8. The van der Waals surface area contributed by atoms with Crippen LogP contribution in [0.1, 0.15) is 227 Å². The molecule has 0 radical (unpaired) electrons. The van der Waals surface area contributed by atoms with Crippen LogP contribution in [0.4, 0.5) is 0 Å². The molecule has 8 aliphatic carbocycles. The Hall–Kier alpha value is -4.86. The fourth-order valence-electron chi connectivity index (χ4n) is 20.1. The van der Waals surface area contributed by atoms with E-state index in [1.165, 1.54) is 155 Å². The van der Waals surface area contributed by atoms with Gasteiger partial charge in [0.15, 0.2) is 0 Å². The number of hydrogen-bond donors (Lipinski definition) is 2. The van der Waals surface area contributed by atoms with Crippen molar-refractivity contribution in [3.63, 3.8) is 0 Å². The van der Waals surface area contributed by atoms with E-state index in [-0.39, 0.29) is 43.5 Å². The van der Waals surface area contributed by atoms with Crippen molar-refractivity contribution in [3.8, 4) is 17.6 Å². The van der Waals surface area contributed by atoms with Gasteiger partial charge in [0, 0.05) is 106 Å². The Balaban J connectivity index is 0.000000115. The van der Waals surface area contributed by atoms with Crippen molar-refractivity contribution in [3.05, 3.63) is 83.6 Å². The van der Waals surface area contributed by atoms with Crippen molar-refractivity contribution in [1.29, 1.82) is 0 Å². The van der Waals surface area contributed by atoms with E-state index in [1.807, 2.05) is 22.7 Å². The van der Waals surface area contributed by atoms with Gasteiger partial charge in [-0.25, -0.2) is 51.2 Å². The molecule has 24 nitrogen and oxygen atoms in total. The van der Waals surface area contributed by atoms with Crippen LogP contribution in [-0.4, -0.2) is 254 Å². The molecule has 12 heterocycles. The highest BCUT2D eigenvalue weighted by molar-refractivity contribution is 14.1. The first-order valence-corrected chi connectivity index (χ1v) is 49.0. The number of fused-ring (bicyclic) bond motifs is 12. The van der Waals surface area contributed by atoms with Gasteiger partial charge >= 0.3 is 12.5 Å². The molecule has 0 unspecified atom stereocenters. The summed E-state index contributed by atoms with van der Waals surface area (Å²) in [6.07, 6.45) is 37.3. The monoisotopic (exact) mass is 1810 g/mol. The molecule has 636 valence electrons. The summed E-state index contributed by atoms with van der Waals surface area (Å²) >= 11 is 15.9. The number of morpholine rings is 4. The van der Waals surface area contributed by atoms with Gasteiger partial charge in [0.1, 0.15) is 68.1 Å². The number of carbonyl (C=O) groups excluding carboxylic acids is 1. The molecule has 30 heteroatoms. The summed E-state index contributed by atoms with van der Waals surface area (Å²) in [6.45, 7) is 28.5. The summed E-state index contributed by atoms with van der Waals surface area (Å²) in [5.74, 6) is 4.13. The Morgan fingerprint density at radius 1 is 0.453 bits per heavy atom. The van der Waals surface area contributed by atoms with Gasteiger partial charge in [0.25, 0.3) is 0 Å². The maximum Gasteiger partial charge on any atom is 0.387 e. The molecule has 8 aromatic rings. The number of aliphatic hydroxyl groups excluding tert-OH is 2. The van der Waals surface area contributed by atoms with Crippen molar-refractivity contribution in [2.45, 2.75) is 260 Å². The standard InChI is InChI=1S/C21H29N3O2S.C20H26IN3O2S.C20H27N3O3S.C11H11ClN2S.C10H19NO2.C5H7NO2/c1-2-14-3-8-17-18(14)19-20(22-13-23-21(19)27-17)26-16-6-4-15(5-7-16)24-9-11-25-12-10-24;21-11-13-1-6-16-17(13)18-19(22-12-23-20(18)27-16)26-15-4-2-14(3-5-15)24-7-9-25-10-8-24;24-11-13-1-6-16-17(13)18-19(21-12-22-20(18)27-16)26-15-4-2-14(3-5-15)23-7-9-25-10-8-23;1-2-6-3-4-7-8(6)9-10(12)13-5-14-11(9)15-7;12-10-3-1-9(2-4-10)11-5-7-13-8-6-11;1-3-8-5(7)4-6-2/h13-16H,2-12H2,1H3;12-15H,1-11H2;12-15,24H,1-11H2;5-6H,2-4H2,1H3;9-10,12H,1-8H2;3-4H2,1H3/t14-,15?,16?;2*13-,14?,15?;6-;;/m0110../s1. The minimum Gasteiger partial charge on any atom is -0.474 e. The summed E-state index contributed by atoms with van der Waals surface area (Å²) in [5.41, 5.74) is 5.66. The highest BCUT2D eigenvalue weighted by atomic mass is 127. The maximum atomic E-state index is 10.2. The molecular weight excluding hydrogens is 1690 g/mol. The van der Waals surface area contributed by atoms with Crippen LogP contribution in [0.5, 0.6) is 17.6 Å². The number of rotatable bonds is 16. The molecule has 4 aliphatic heterocycles. The van der Waals surface area contributed by atoms with Gasteiger partial charge < -0.3 is 53.0 Å². The molecule has 4 atom stereocenters. The van der Waals surface area contributed by atoms with Crippen LogP contribution in [0.2, 0.25) is 5.15 Å². The lowest BCUT2D eigenvalue weighted by Gasteiger charge is -2.38. The normalized spacial score (nSPS) is 27.4. The lowest BCUT2D eigenvalue weighted by atomic mass is 9.91. The molecule has 0 bridgehead atoms. The van der Waals surface area contributed by atoms with Crippen LogP contribution >= 0.6 is 79.5 Å². The Bertz CT molecular complexity index is 4220. The Morgan fingerprint density at radius 3 is 1.09 bits per heavy atom.